The number of nitrogens with one attached hydrogen (secondary N) is 1. The van der Waals surface area contributed by atoms with Crippen LogP contribution in [0.1, 0.15) is 21.0 Å². The zero-order chi connectivity index (χ0) is 18.8. The van der Waals surface area contributed by atoms with Gasteiger partial charge in [0.15, 0.2) is 5.13 Å². The molecule has 2 aromatic heterocycles. The van der Waals surface area contributed by atoms with Gasteiger partial charge in [0.1, 0.15) is 17.0 Å². The topological polar surface area (TPSA) is 68.0 Å². The van der Waals surface area contributed by atoms with Crippen molar-refractivity contribution in [3.05, 3.63) is 76.9 Å². The molecule has 134 valence electrons. The van der Waals surface area contributed by atoms with Crippen molar-refractivity contribution in [2.75, 3.05) is 5.32 Å². The highest BCUT2D eigenvalue weighted by molar-refractivity contribution is 7.16. The SMILES string of the molecule is Cc1onc(-c2ccccc2)c1C(=O)Nc1nc(-c2ccccc2)c(C)s1. The van der Waals surface area contributed by atoms with E-state index < -0.39 is 0 Å². The second-order valence-electron chi connectivity index (χ2n) is 6.07. The number of nitrogens with zero attached hydrogens (tertiary/aromatic N) is 2. The number of anilines is 1. The summed E-state index contributed by atoms with van der Waals surface area (Å²) in [5, 5.41) is 7.51. The molecule has 4 aromatic rings. The zero-order valence-corrected chi connectivity index (χ0v) is 15.7. The molecule has 0 aliphatic carbocycles. The first-order valence-electron chi connectivity index (χ1n) is 8.49. The van der Waals surface area contributed by atoms with Crippen LogP contribution in [0.4, 0.5) is 5.13 Å². The Balaban J connectivity index is 1.64. The fraction of sp³-hybridized carbons (Fsp3) is 0.0952. The Labute approximate surface area is 160 Å². The third kappa shape index (κ3) is 3.39. The molecule has 1 amide bonds. The van der Waals surface area contributed by atoms with Crippen molar-refractivity contribution in [1.82, 2.24) is 10.1 Å². The number of rotatable bonds is 4. The highest BCUT2D eigenvalue weighted by Gasteiger charge is 2.23. The first-order chi connectivity index (χ1) is 13.1. The van der Waals surface area contributed by atoms with E-state index >= 15 is 0 Å². The van der Waals surface area contributed by atoms with Crippen molar-refractivity contribution in [2.45, 2.75) is 13.8 Å². The second kappa shape index (κ2) is 7.17. The Bertz CT molecular complexity index is 1090. The van der Waals surface area contributed by atoms with Crippen LogP contribution in [-0.4, -0.2) is 16.0 Å². The lowest BCUT2D eigenvalue weighted by Gasteiger charge is -2.03. The normalized spacial score (nSPS) is 10.7. The van der Waals surface area contributed by atoms with Crippen molar-refractivity contribution in [3.8, 4) is 22.5 Å². The van der Waals surface area contributed by atoms with Crippen molar-refractivity contribution < 1.29 is 9.32 Å². The summed E-state index contributed by atoms with van der Waals surface area (Å²) in [7, 11) is 0. The molecule has 0 aliphatic heterocycles. The van der Waals surface area contributed by atoms with Gasteiger partial charge in [0, 0.05) is 16.0 Å². The molecule has 0 spiro atoms. The Morgan fingerprint density at radius 3 is 2.15 bits per heavy atom. The second-order valence-corrected chi connectivity index (χ2v) is 7.28. The first-order valence-corrected chi connectivity index (χ1v) is 9.31. The average molecular weight is 375 g/mol. The molecule has 0 bridgehead atoms. The third-order valence-electron chi connectivity index (χ3n) is 4.20. The maximum atomic E-state index is 12.9. The largest absolute Gasteiger partial charge is 0.360 e. The fourth-order valence-electron chi connectivity index (χ4n) is 2.91. The molecule has 1 N–H and O–H groups in total. The summed E-state index contributed by atoms with van der Waals surface area (Å²) >= 11 is 1.45. The minimum atomic E-state index is -0.277. The standard InChI is InChI=1S/C21H17N3O2S/c1-13-17(19(24-26-13)16-11-7-4-8-12-16)20(25)23-21-22-18(14(2)27-21)15-9-5-3-6-10-15/h3-12H,1-2H3,(H,22,23,25). The van der Waals surface area contributed by atoms with E-state index in [0.29, 0.717) is 22.1 Å². The molecule has 5 nitrogen and oxygen atoms in total. The quantitative estimate of drug-likeness (QED) is 0.523. The Hall–Kier alpha value is -3.25. The van der Waals surface area contributed by atoms with Crippen LogP contribution in [0.3, 0.4) is 0 Å². The van der Waals surface area contributed by atoms with Crippen molar-refractivity contribution in [2.24, 2.45) is 0 Å². The molecule has 27 heavy (non-hydrogen) atoms. The number of hydrogen-bond donors (Lipinski definition) is 1. The monoisotopic (exact) mass is 375 g/mol. The molecule has 4 rings (SSSR count). The zero-order valence-electron chi connectivity index (χ0n) is 14.9. The Morgan fingerprint density at radius 1 is 0.926 bits per heavy atom. The predicted molar refractivity (Wildman–Crippen MR) is 107 cm³/mol. The molecule has 0 unspecified atom stereocenters. The maximum Gasteiger partial charge on any atom is 0.263 e. The van der Waals surface area contributed by atoms with Gasteiger partial charge in [-0.05, 0) is 13.8 Å². The Morgan fingerprint density at radius 2 is 1.52 bits per heavy atom. The van der Waals surface area contributed by atoms with Gasteiger partial charge in [-0.1, -0.05) is 65.8 Å². The molecule has 0 atom stereocenters. The molecular weight excluding hydrogens is 358 g/mol. The van der Waals surface area contributed by atoms with E-state index in [1.807, 2.05) is 67.6 Å². The number of amides is 1. The van der Waals surface area contributed by atoms with Crippen molar-refractivity contribution >= 4 is 22.4 Å². The van der Waals surface area contributed by atoms with E-state index in [1.54, 1.807) is 6.92 Å². The van der Waals surface area contributed by atoms with Crippen LogP contribution in [0.2, 0.25) is 0 Å². The number of thiazole rings is 1. The van der Waals surface area contributed by atoms with Crippen LogP contribution in [0.5, 0.6) is 0 Å². The van der Waals surface area contributed by atoms with E-state index in [9.17, 15) is 4.79 Å². The minimum Gasteiger partial charge on any atom is -0.360 e. The lowest BCUT2D eigenvalue weighted by molar-refractivity contribution is 0.102. The summed E-state index contributed by atoms with van der Waals surface area (Å²) in [6.45, 7) is 3.73. The van der Waals surface area contributed by atoms with Gasteiger partial charge in [0.2, 0.25) is 0 Å². The maximum absolute atomic E-state index is 12.9. The average Bonchev–Trinajstić information content (AvgIpc) is 3.25. The fourth-order valence-corrected chi connectivity index (χ4v) is 3.74. The smallest absolute Gasteiger partial charge is 0.263 e. The van der Waals surface area contributed by atoms with Crippen LogP contribution >= 0.6 is 11.3 Å². The van der Waals surface area contributed by atoms with E-state index in [1.165, 1.54) is 11.3 Å². The van der Waals surface area contributed by atoms with Crippen molar-refractivity contribution in [3.63, 3.8) is 0 Å². The number of aromatic nitrogens is 2. The molecule has 0 aliphatic rings. The molecule has 2 aromatic carbocycles. The highest BCUT2D eigenvalue weighted by Crippen LogP contribution is 2.31. The first kappa shape index (κ1) is 17.2. The summed E-state index contributed by atoms with van der Waals surface area (Å²) in [4.78, 5) is 18.5. The van der Waals surface area contributed by atoms with Gasteiger partial charge in [-0.3, -0.25) is 10.1 Å². The molecule has 0 saturated heterocycles. The van der Waals surface area contributed by atoms with Crippen molar-refractivity contribution in [1.29, 1.82) is 0 Å². The van der Waals surface area contributed by atoms with Gasteiger partial charge in [0.25, 0.3) is 5.91 Å². The van der Waals surface area contributed by atoms with Crippen LogP contribution < -0.4 is 5.32 Å². The molecule has 0 fully saturated rings. The van der Waals surface area contributed by atoms with E-state index in [2.05, 4.69) is 15.5 Å². The lowest BCUT2D eigenvalue weighted by Crippen LogP contribution is -2.13. The van der Waals surface area contributed by atoms with Crippen LogP contribution in [0, 0.1) is 13.8 Å². The lowest BCUT2D eigenvalue weighted by atomic mass is 10.1. The summed E-state index contributed by atoms with van der Waals surface area (Å²) in [6, 6.07) is 19.4. The minimum absolute atomic E-state index is 0.277. The van der Waals surface area contributed by atoms with E-state index in [-0.39, 0.29) is 5.91 Å². The number of hydrogen-bond acceptors (Lipinski definition) is 5. The van der Waals surface area contributed by atoms with Gasteiger partial charge < -0.3 is 4.52 Å². The summed E-state index contributed by atoms with van der Waals surface area (Å²) < 4.78 is 5.28. The number of carbonyl (C=O) groups is 1. The summed E-state index contributed by atoms with van der Waals surface area (Å²) in [6.07, 6.45) is 0. The van der Waals surface area contributed by atoms with Gasteiger partial charge in [-0.2, -0.15) is 0 Å². The van der Waals surface area contributed by atoms with Gasteiger partial charge >= 0.3 is 0 Å². The third-order valence-corrected chi connectivity index (χ3v) is 5.09. The summed E-state index contributed by atoms with van der Waals surface area (Å²) in [5.41, 5.74) is 3.69. The molecule has 0 radical (unpaired) electrons. The van der Waals surface area contributed by atoms with Crippen LogP contribution in [0.25, 0.3) is 22.5 Å². The molecular formula is C21H17N3O2S. The number of aryl methyl sites for hydroxylation is 2. The molecule has 6 heteroatoms. The molecule has 2 heterocycles. The Kier molecular flexibility index (Phi) is 4.56. The van der Waals surface area contributed by atoms with Gasteiger partial charge in [-0.25, -0.2) is 4.98 Å². The van der Waals surface area contributed by atoms with Gasteiger partial charge in [0.05, 0.1) is 5.69 Å². The van der Waals surface area contributed by atoms with Crippen LogP contribution in [-0.2, 0) is 0 Å². The molecule has 0 saturated carbocycles. The number of carbonyl (C=O) groups excluding carboxylic acids is 1. The van der Waals surface area contributed by atoms with Crippen LogP contribution in [0.15, 0.2) is 65.2 Å². The highest BCUT2D eigenvalue weighted by atomic mass is 32.1. The van der Waals surface area contributed by atoms with E-state index in [4.69, 9.17) is 4.52 Å². The predicted octanol–water partition coefficient (Wildman–Crippen LogP) is 5.33. The summed E-state index contributed by atoms with van der Waals surface area (Å²) in [5.74, 6) is 0.198. The van der Waals surface area contributed by atoms with E-state index in [0.717, 1.165) is 21.7 Å². The number of benzene rings is 2. The van der Waals surface area contributed by atoms with Gasteiger partial charge in [-0.15, -0.1) is 11.3 Å².